The predicted octanol–water partition coefficient (Wildman–Crippen LogP) is 3.17. The first-order chi connectivity index (χ1) is 13.7. The van der Waals surface area contributed by atoms with Crippen LogP contribution in [0.1, 0.15) is 29.6 Å². The number of ketones is 1. The maximum atomic E-state index is 13.4. The minimum absolute atomic E-state index is 0.00832. The van der Waals surface area contributed by atoms with Crippen molar-refractivity contribution in [1.82, 2.24) is 20.0 Å². The molecule has 3 aromatic rings. The average molecular weight is 378 g/mol. The molecule has 0 radical (unpaired) electrons. The fraction of sp³-hybridized carbons (Fsp3) is 0.364. The minimum atomic E-state index is -0.272. The average Bonchev–Trinajstić information content (AvgIpc) is 3.46. The van der Waals surface area contributed by atoms with E-state index in [4.69, 9.17) is 0 Å². The van der Waals surface area contributed by atoms with Gasteiger partial charge in [-0.1, -0.05) is 0 Å². The lowest BCUT2D eigenvalue weighted by Gasteiger charge is -2.29. The first kappa shape index (κ1) is 17.5. The molecule has 0 aliphatic carbocycles. The lowest BCUT2D eigenvalue weighted by molar-refractivity contribution is 0.0826. The van der Waals surface area contributed by atoms with Gasteiger partial charge in [0.25, 0.3) is 0 Å². The zero-order chi connectivity index (χ0) is 19.1. The number of carbonyl (C=O) groups excluding carboxylic acids is 1. The number of nitrogens with one attached hydrogen (secondary N) is 1. The molecule has 3 heterocycles. The summed E-state index contributed by atoms with van der Waals surface area (Å²) in [5, 5.41) is 8.65. The zero-order valence-corrected chi connectivity index (χ0v) is 15.6. The smallest absolute Gasteiger partial charge is 0.179 e. The standard InChI is InChI=1S/C22H23FN4O/c23-17-5-8-20-16(12-17)14-27(25-20)18-6-3-15(4-7-18)22(28)21-2-1-11-26(21)19-9-10-24-13-19/h3-8,12,14,19,21,24H,1-2,9-11,13H2/t19-,21+/m0/s1. The molecule has 2 aromatic carbocycles. The Labute approximate surface area is 163 Å². The number of rotatable bonds is 4. The molecule has 2 aliphatic rings. The van der Waals surface area contributed by atoms with Crippen LogP contribution in [0.15, 0.2) is 48.7 Å². The highest BCUT2D eigenvalue weighted by Crippen LogP contribution is 2.26. The van der Waals surface area contributed by atoms with E-state index in [1.54, 1.807) is 16.9 Å². The van der Waals surface area contributed by atoms with Crippen LogP contribution in [0.2, 0.25) is 0 Å². The largest absolute Gasteiger partial charge is 0.315 e. The topological polar surface area (TPSA) is 50.2 Å². The SMILES string of the molecule is O=C(c1ccc(-n2cc3cc(F)ccc3n2)cc1)[C@H]1CCCN1[C@H]1CCNC1. The number of carbonyl (C=O) groups is 1. The number of halogens is 1. The fourth-order valence-electron chi connectivity index (χ4n) is 4.53. The normalized spacial score (nSPS) is 22.9. The van der Waals surface area contributed by atoms with Crippen LogP contribution in [0.25, 0.3) is 16.6 Å². The summed E-state index contributed by atoms with van der Waals surface area (Å²) < 4.78 is 15.1. The molecule has 5 nitrogen and oxygen atoms in total. The highest BCUT2D eigenvalue weighted by Gasteiger charge is 2.36. The van der Waals surface area contributed by atoms with Crippen molar-refractivity contribution in [2.45, 2.75) is 31.3 Å². The number of nitrogens with zero attached hydrogens (tertiary/aromatic N) is 3. The third-order valence-corrected chi connectivity index (χ3v) is 5.98. The van der Waals surface area contributed by atoms with Crippen LogP contribution >= 0.6 is 0 Å². The van der Waals surface area contributed by atoms with Crippen LogP contribution in [0.5, 0.6) is 0 Å². The molecule has 0 amide bonds. The summed E-state index contributed by atoms with van der Waals surface area (Å²) in [6, 6.07) is 12.6. The van der Waals surface area contributed by atoms with Crippen LogP contribution in [0, 0.1) is 5.82 Å². The van der Waals surface area contributed by atoms with E-state index in [0.29, 0.717) is 6.04 Å². The van der Waals surface area contributed by atoms with Gasteiger partial charge in [-0.05, 0) is 74.8 Å². The molecular weight excluding hydrogens is 355 g/mol. The van der Waals surface area contributed by atoms with Gasteiger partial charge in [-0.15, -0.1) is 0 Å². The highest BCUT2D eigenvalue weighted by atomic mass is 19.1. The number of fused-ring (bicyclic) bond motifs is 1. The summed E-state index contributed by atoms with van der Waals surface area (Å²) in [6.45, 7) is 3.03. The van der Waals surface area contributed by atoms with Gasteiger partial charge in [-0.2, -0.15) is 5.10 Å². The second-order valence-corrected chi connectivity index (χ2v) is 7.73. The summed E-state index contributed by atoms with van der Waals surface area (Å²) in [6.07, 6.45) is 4.95. The number of aromatic nitrogens is 2. The Morgan fingerprint density at radius 2 is 2.00 bits per heavy atom. The first-order valence-electron chi connectivity index (χ1n) is 9.95. The lowest BCUT2D eigenvalue weighted by Crippen LogP contribution is -2.44. The molecule has 6 heteroatoms. The van der Waals surface area contributed by atoms with Crippen molar-refractivity contribution in [3.8, 4) is 5.69 Å². The minimum Gasteiger partial charge on any atom is -0.315 e. The molecule has 0 spiro atoms. The van der Waals surface area contributed by atoms with Crippen LogP contribution in [-0.4, -0.2) is 52.2 Å². The van der Waals surface area contributed by atoms with E-state index < -0.39 is 0 Å². The second-order valence-electron chi connectivity index (χ2n) is 7.73. The molecule has 0 unspecified atom stereocenters. The van der Waals surface area contributed by atoms with Crippen molar-refractivity contribution in [2.24, 2.45) is 0 Å². The lowest BCUT2D eigenvalue weighted by atomic mass is 10.0. The fourth-order valence-corrected chi connectivity index (χ4v) is 4.53. The Morgan fingerprint density at radius 1 is 1.14 bits per heavy atom. The van der Waals surface area contributed by atoms with Gasteiger partial charge in [0.1, 0.15) is 5.82 Å². The monoisotopic (exact) mass is 378 g/mol. The third-order valence-electron chi connectivity index (χ3n) is 5.98. The number of likely N-dealkylation sites (tertiary alicyclic amines) is 1. The van der Waals surface area contributed by atoms with E-state index in [1.807, 2.05) is 24.3 Å². The van der Waals surface area contributed by atoms with Crippen molar-refractivity contribution in [2.75, 3.05) is 19.6 Å². The molecule has 28 heavy (non-hydrogen) atoms. The van der Waals surface area contributed by atoms with E-state index >= 15 is 0 Å². The molecule has 2 fully saturated rings. The molecule has 5 rings (SSSR count). The van der Waals surface area contributed by atoms with E-state index in [2.05, 4.69) is 15.3 Å². The van der Waals surface area contributed by atoms with Crippen molar-refractivity contribution in [3.05, 3.63) is 60.0 Å². The van der Waals surface area contributed by atoms with Gasteiger partial charge in [0.2, 0.25) is 0 Å². The van der Waals surface area contributed by atoms with Gasteiger partial charge in [-0.3, -0.25) is 9.69 Å². The maximum absolute atomic E-state index is 13.4. The van der Waals surface area contributed by atoms with Crippen LogP contribution in [0.3, 0.4) is 0 Å². The first-order valence-corrected chi connectivity index (χ1v) is 9.95. The van der Waals surface area contributed by atoms with E-state index in [-0.39, 0.29) is 17.6 Å². The van der Waals surface area contributed by atoms with Crippen LogP contribution in [0.4, 0.5) is 4.39 Å². The number of Topliss-reactive ketones (excluding diaryl/α,β-unsaturated/α-hetero) is 1. The van der Waals surface area contributed by atoms with Crippen molar-refractivity contribution >= 4 is 16.7 Å². The Morgan fingerprint density at radius 3 is 2.79 bits per heavy atom. The molecule has 1 N–H and O–H groups in total. The van der Waals surface area contributed by atoms with Gasteiger partial charge < -0.3 is 5.32 Å². The summed E-state index contributed by atoms with van der Waals surface area (Å²) in [5.74, 6) is -0.0600. The van der Waals surface area contributed by atoms with Gasteiger partial charge in [0, 0.05) is 29.7 Å². The van der Waals surface area contributed by atoms with E-state index in [9.17, 15) is 9.18 Å². The Hall–Kier alpha value is -2.57. The van der Waals surface area contributed by atoms with Crippen molar-refractivity contribution in [3.63, 3.8) is 0 Å². The summed E-state index contributed by atoms with van der Waals surface area (Å²) in [5.41, 5.74) is 2.35. The van der Waals surface area contributed by atoms with Gasteiger partial charge >= 0.3 is 0 Å². The van der Waals surface area contributed by atoms with Crippen molar-refractivity contribution in [1.29, 1.82) is 0 Å². The van der Waals surface area contributed by atoms with Gasteiger partial charge in [0.05, 0.1) is 17.2 Å². The highest BCUT2D eigenvalue weighted by molar-refractivity contribution is 6.00. The molecule has 1 aromatic heterocycles. The van der Waals surface area contributed by atoms with Gasteiger partial charge in [0.15, 0.2) is 5.78 Å². The summed E-state index contributed by atoms with van der Waals surface area (Å²) in [4.78, 5) is 15.5. The predicted molar refractivity (Wildman–Crippen MR) is 106 cm³/mol. The molecule has 2 saturated heterocycles. The second kappa shape index (κ2) is 7.11. The van der Waals surface area contributed by atoms with Gasteiger partial charge in [-0.25, -0.2) is 9.07 Å². The quantitative estimate of drug-likeness (QED) is 0.709. The summed E-state index contributed by atoms with van der Waals surface area (Å²) >= 11 is 0. The van der Waals surface area contributed by atoms with E-state index in [1.165, 1.54) is 12.1 Å². The van der Waals surface area contributed by atoms with Crippen molar-refractivity contribution < 1.29 is 9.18 Å². The van der Waals surface area contributed by atoms with E-state index in [0.717, 1.165) is 61.1 Å². The van der Waals surface area contributed by atoms with Crippen LogP contribution in [-0.2, 0) is 0 Å². The van der Waals surface area contributed by atoms with Crippen LogP contribution < -0.4 is 5.32 Å². The molecule has 2 atom stereocenters. The third kappa shape index (κ3) is 3.12. The Balaban J connectivity index is 1.37. The molecule has 2 aliphatic heterocycles. The molecule has 0 saturated carbocycles. The molecular formula is C22H23FN4O. The number of benzene rings is 2. The number of hydrogen-bond donors (Lipinski definition) is 1. The molecule has 144 valence electrons. The number of hydrogen-bond acceptors (Lipinski definition) is 4. The maximum Gasteiger partial charge on any atom is 0.179 e. The Kier molecular flexibility index (Phi) is 4.45. The Bertz CT molecular complexity index is 1010. The molecule has 0 bridgehead atoms. The zero-order valence-electron chi connectivity index (χ0n) is 15.6. The summed E-state index contributed by atoms with van der Waals surface area (Å²) in [7, 11) is 0.